The Morgan fingerprint density at radius 1 is 0.455 bits per heavy atom. The quantitative estimate of drug-likeness (QED) is 0.106. The Bertz CT molecular complexity index is 751. The molecule has 0 aromatic heterocycles. The second-order valence-electron chi connectivity index (χ2n) is 15.1. The summed E-state index contributed by atoms with van der Waals surface area (Å²) in [5.74, 6) is 0.658. The largest absolute Gasteiger partial charge is 0.396 e. The van der Waals surface area contributed by atoms with Crippen molar-refractivity contribution in [1.82, 2.24) is 0 Å². The molecule has 0 amide bonds. The average Bonchev–Trinajstić information content (AvgIpc) is 2.98. The monoisotopic (exact) mass is 617 g/mol. The second kappa shape index (κ2) is 24.9. The zero-order chi connectivity index (χ0) is 32.5. The van der Waals surface area contributed by atoms with E-state index < -0.39 is 0 Å². The number of carbonyl (C=O) groups excluding carboxylic acids is 2. The second-order valence-corrected chi connectivity index (χ2v) is 15.1. The minimum Gasteiger partial charge on any atom is -0.396 e. The van der Waals surface area contributed by atoms with Crippen molar-refractivity contribution in [3.05, 3.63) is 23.3 Å². The summed E-state index contributed by atoms with van der Waals surface area (Å²) in [6, 6.07) is 0. The van der Waals surface area contributed by atoms with Crippen LogP contribution in [0.15, 0.2) is 23.3 Å². The van der Waals surface area contributed by atoms with E-state index in [0.717, 1.165) is 51.4 Å². The van der Waals surface area contributed by atoms with Gasteiger partial charge in [-0.25, -0.2) is 0 Å². The van der Waals surface area contributed by atoms with E-state index in [1.165, 1.54) is 127 Å². The summed E-state index contributed by atoms with van der Waals surface area (Å²) in [7, 11) is 0. The first kappa shape index (κ1) is 40.8. The number of hydrogen-bond donors (Lipinski definition) is 2. The maximum absolute atomic E-state index is 11.6. The lowest BCUT2D eigenvalue weighted by atomic mass is 9.73. The lowest BCUT2D eigenvalue weighted by molar-refractivity contribution is -0.116. The van der Waals surface area contributed by atoms with Gasteiger partial charge in [-0.3, -0.25) is 9.59 Å². The molecule has 256 valence electrons. The molecule has 0 radical (unpaired) electrons. The lowest BCUT2D eigenvalue weighted by Crippen LogP contribution is -2.22. The zero-order valence-electron chi connectivity index (χ0n) is 29.7. The molecule has 0 saturated carbocycles. The molecule has 0 atom stereocenters. The zero-order valence-corrected chi connectivity index (χ0v) is 29.7. The summed E-state index contributed by atoms with van der Waals surface area (Å²) in [5, 5.41) is 17.4. The van der Waals surface area contributed by atoms with Gasteiger partial charge >= 0.3 is 0 Å². The first-order valence-corrected chi connectivity index (χ1v) is 18.8. The Morgan fingerprint density at radius 3 is 0.977 bits per heavy atom. The fourth-order valence-corrected chi connectivity index (χ4v) is 6.62. The molecule has 2 N–H and O–H groups in total. The van der Waals surface area contributed by atoms with Crippen LogP contribution in [-0.2, 0) is 9.59 Å². The average molecular weight is 617 g/mol. The van der Waals surface area contributed by atoms with Gasteiger partial charge in [-0.05, 0) is 74.3 Å². The van der Waals surface area contributed by atoms with Gasteiger partial charge in [0.25, 0.3) is 0 Å². The number of carbonyl (C=O) groups is 2. The highest BCUT2D eigenvalue weighted by Gasteiger charge is 2.28. The van der Waals surface area contributed by atoms with Crippen LogP contribution in [0.25, 0.3) is 0 Å². The van der Waals surface area contributed by atoms with E-state index in [-0.39, 0.29) is 10.8 Å². The minimum atomic E-state index is 0.239. The van der Waals surface area contributed by atoms with Gasteiger partial charge in [0.2, 0.25) is 0 Å². The molecule has 2 aliphatic rings. The van der Waals surface area contributed by atoms with Crippen LogP contribution in [0.5, 0.6) is 0 Å². The minimum absolute atomic E-state index is 0.239. The predicted molar refractivity (Wildman–Crippen MR) is 188 cm³/mol. The summed E-state index contributed by atoms with van der Waals surface area (Å²) in [5.41, 5.74) is 3.24. The number of aliphatic hydroxyl groups is 2. The van der Waals surface area contributed by atoms with Gasteiger partial charge in [-0.15, -0.1) is 0 Å². The van der Waals surface area contributed by atoms with Crippen molar-refractivity contribution < 1.29 is 19.8 Å². The molecule has 0 heterocycles. The molecule has 2 aliphatic carbocycles. The van der Waals surface area contributed by atoms with Crippen LogP contribution in [0.3, 0.4) is 0 Å². The van der Waals surface area contributed by atoms with Crippen molar-refractivity contribution in [2.24, 2.45) is 10.8 Å². The molecule has 4 heteroatoms. The molecule has 0 aromatic carbocycles. The highest BCUT2D eigenvalue weighted by molar-refractivity contribution is 5.92. The molecule has 0 aromatic rings. The van der Waals surface area contributed by atoms with Crippen molar-refractivity contribution in [2.75, 3.05) is 13.2 Å². The first-order chi connectivity index (χ1) is 21.1. The predicted octanol–water partition coefficient (Wildman–Crippen LogP) is 11.2. The van der Waals surface area contributed by atoms with Crippen molar-refractivity contribution >= 4 is 11.6 Å². The SMILES string of the molecule is CC1(C)CCC(=O)C=C1CCCCCCCCCCCCO.CC1(C)CCC(=O)C=C1CCCCCCCCCCCCO. The Labute approximate surface area is 272 Å². The Morgan fingerprint density at radius 2 is 0.705 bits per heavy atom. The highest BCUT2D eigenvalue weighted by atomic mass is 16.3. The number of allylic oxidation sites excluding steroid dienone is 4. The number of ketones is 2. The van der Waals surface area contributed by atoms with Gasteiger partial charge in [0.1, 0.15) is 0 Å². The van der Waals surface area contributed by atoms with Gasteiger partial charge in [-0.1, -0.05) is 142 Å². The molecule has 4 nitrogen and oxygen atoms in total. The fraction of sp³-hybridized carbons (Fsp3) is 0.850. The van der Waals surface area contributed by atoms with E-state index in [0.29, 0.717) is 24.8 Å². The molecule has 44 heavy (non-hydrogen) atoms. The van der Waals surface area contributed by atoms with E-state index in [9.17, 15) is 9.59 Å². The Balaban J connectivity index is 0.000000440. The summed E-state index contributed by atoms with van der Waals surface area (Å²) >= 11 is 0. The van der Waals surface area contributed by atoms with Crippen LogP contribution in [0.1, 0.15) is 195 Å². The summed E-state index contributed by atoms with van der Waals surface area (Å²) in [6.07, 6.45) is 34.9. The van der Waals surface area contributed by atoms with E-state index in [2.05, 4.69) is 27.7 Å². The van der Waals surface area contributed by atoms with Gasteiger partial charge in [0.15, 0.2) is 11.6 Å². The number of rotatable bonds is 24. The molecule has 0 spiro atoms. The van der Waals surface area contributed by atoms with Crippen molar-refractivity contribution in [3.63, 3.8) is 0 Å². The number of aliphatic hydroxyl groups excluding tert-OH is 2. The first-order valence-electron chi connectivity index (χ1n) is 18.8. The van der Waals surface area contributed by atoms with Gasteiger partial charge < -0.3 is 10.2 Å². The van der Waals surface area contributed by atoms with Crippen molar-refractivity contribution in [3.8, 4) is 0 Å². The summed E-state index contributed by atoms with van der Waals surface area (Å²) in [4.78, 5) is 23.1. The normalized spacial score (nSPS) is 17.6. The van der Waals surface area contributed by atoms with E-state index >= 15 is 0 Å². The topological polar surface area (TPSA) is 74.6 Å². The van der Waals surface area contributed by atoms with E-state index in [4.69, 9.17) is 10.2 Å². The van der Waals surface area contributed by atoms with Crippen molar-refractivity contribution in [1.29, 1.82) is 0 Å². The van der Waals surface area contributed by atoms with E-state index in [1.54, 1.807) is 0 Å². The van der Waals surface area contributed by atoms with Gasteiger partial charge in [0, 0.05) is 26.1 Å². The van der Waals surface area contributed by atoms with Gasteiger partial charge in [0.05, 0.1) is 0 Å². The molecular weight excluding hydrogens is 544 g/mol. The van der Waals surface area contributed by atoms with Crippen LogP contribution in [0, 0.1) is 10.8 Å². The highest BCUT2D eigenvalue weighted by Crippen LogP contribution is 2.39. The van der Waals surface area contributed by atoms with Crippen molar-refractivity contribution in [2.45, 2.75) is 195 Å². The Hall–Kier alpha value is -1.26. The smallest absolute Gasteiger partial charge is 0.155 e. The van der Waals surface area contributed by atoms with Crippen LogP contribution in [-0.4, -0.2) is 35.0 Å². The summed E-state index contributed by atoms with van der Waals surface area (Å²) in [6.45, 7) is 9.81. The fourth-order valence-electron chi connectivity index (χ4n) is 6.62. The third kappa shape index (κ3) is 20.0. The molecule has 0 unspecified atom stereocenters. The lowest BCUT2D eigenvalue weighted by Gasteiger charge is -2.31. The standard InChI is InChI=1S/2C20H36O2/c2*1-20(2)15-14-19(22)17-18(20)13-11-9-7-5-3-4-6-8-10-12-16-21/h2*17,21H,3-16H2,1-2H3. The maximum atomic E-state index is 11.6. The van der Waals surface area contributed by atoms with Gasteiger partial charge in [-0.2, -0.15) is 0 Å². The molecular formula is C40H72O4. The van der Waals surface area contributed by atoms with Crippen LogP contribution < -0.4 is 0 Å². The van der Waals surface area contributed by atoms with Crippen LogP contribution >= 0.6 is 0 Å². The third-order valence-corrected chi connectivity index (χ3v) is 10.1. The maximum Gasteiger partial charge on any atom is 0.155 e. The number of hydrogen-bond acceptors (Lipinski definition) is 4. The summed E-state index contributed by atoms with van der Waals surface area (Å²) < 4.78 is 0. The molecule has 0 bridgehead atoms. The number of unbranched alkanes of at least 4 members (excludes halogenated alkanes) is 18. The molecule has 2 rings (SSSR count). The van der Waals surface area contributed by atoms with Crippen LogP contribution in [0.2, 0.25) is 0 Å². The molecule has 0 aliphatic heterocycles. The Kier molecular flexibility index (Phi) is 23.1. The van der Waals surface area contributed by atoms with E-state index in [1.807, 2.05) is 12.2 Å². The molecule has 0 fully saturated rings. The van der Waals surface area contributed by atoms with Crippen LogP contribution in [0.4, 0.5) is 0 Å². The molecule has 0 saturated heterocycles. The third-order valence-electron chi connectivity index (χ3n) is 10.1.